The van der Waals surface area contributed by atoms with E-state index in [2.05, 4.69) is 25.6 Å². The molecule has 136 valence electrons. The van der Waals surface area contributed by atoms with Crippen molar-refractivity contribution in [3.63, 3.8) is 0 Å². The zero-order chi connectivity index (χ0) is 18.5. The number of rotatable bonds is 6. The van der Waals surface area contributed by atoms with Crippen LogP contribution in [0.3, 0.4) is 0 Å². The Labute approximate surface area is 155 Å². The Balaban J connectivity index is 1.31. The summed E-state index contributed by atoms with van der Waals surface area (Å²) in [5.74, 6) is 1.78. The maximum atomic E-state index is 12.1. The van der Waals surface area contributed by atoms with Crippen LogP contribution < -0.4 is 20.1 Å². The Morgan fingerprint density at radius 1 is 1.00 bits per heavy atom. The zero-order valence-electron chi connectivity index (χ0n) is 14.4. The van der Waals surface area contributed by atoms with Gasteiger partial charge in [-0.2, -0.15) is 0 Å². The predicted molar refractivity (Wildman–Crippen MR) is 97.3 cm³/mol. The number of anilines is 1. The number of carbonyl (C=O) groups excluding carboxylic acids is 1. The molecule has 2 aromatic heterocycles. The van der Waals surface area contributed by atoms with Crippen LogP contribution in [-0.2, 0) is 13.1 Å². The first-order valence-corrected chi connectivity index (χ1v) is 8.39. The lowest BCUT2D eigenvalue weighted by molar-refractivity contribution is 0.0945. The summed E-state index contributed by atoms with van der Waals surface area (Å²) in [7, 11) is 0. The first-order valence-electron chi connectivity index (χ1n) is 8.39. The fraction of sp³-hybridized carbons (Fsp3) is 0.158. The van der Waals surface area contributed by atoms with E-state index in [4.69, 9.17) is 9.47 Å². The second kappa shape index (κ2) is 7.69. The summed E-state index contributed by atoms with van der Waals surface area (Å²) < 4.78 is 10.7. The van der Waals surface area contributed by atoms with Gasteiger partial charge >= 0.3 is 0 Å². The molecule has 1 aliphatic heterocycles. The van der Waals surface area contributed by atoms with Crippen LogP contribution >= 0.6 is 0 Å². The average molecular weight is 363 g/mol. The van der Waals surface area contributed by atoms with Crippen molar-refractivity contribution in [3.05, 3.63) is 71.9 Å². The number of nitrogens with one attached hydrogen (secondary N) is 2. The van der Waals surface area contributed by atoms with E-state index >= 15 is 0 Å². The lowest BCUT2D eigenvalue weighted by atomic mass is 10.2. The van der Waals surface area contributed by atoms with E-state index in [-0.39, 0.29) is 18.4 Å². The summed E-state index contributed by atoms with van der Waals surface area (Å²) >= 11 is 0. The molecule has 0 atom stereocenters. The van der Waals surface area contributed by atoms with Gasteiger partial charge in [0.1, 0.15) is 11.5 Å². The maximum Gasteiger partial charge on any atom is 0.271 e. The molecule has 0 radical (unpaired) electrons. The lowest BCUT2D eigenvalue weighted by Gasteiger charge is -2.07. The van der Waals surface area contributed by atoms with Gasteiger partial charge in [-0.25, -0.2) is 9.97 Å². The van der Waals surface area contributed by atoms with Crippen molar-refractivity contribution in [2.75, 3.05) is 12.1 Å². The summed E-state index contributed by atoms with van der Waals surface area (Å²) in [6.07, 6.45) is 6.37. The molecule has 3 aromatic rings. The van der Waals surface area contributed by atoms with Gasteiger partial charge in [0.25, 0.3) is 5.91 Å². The molecule has 3 heterocycles. The molecular formula is C19H17N5O3. The Kier molecular flexibility index (Phi) is 4.78. The molecule has 1 aromatic carbocycles. The van der Waals surface area contributed by atoms with Crippen molar-refractivity contribution in [1.29, 1.82) is 0 Å². The molecule has 1 aliphatic rings. The molecule has 0 saturated carbocycles. The molecule has 0 bridgehead atoms. The van der Waals surface area contributed by atoms with Crippen LogP contribution in [-0.4, -0.2) is 27.7 Å². The van der Waals surface area contributed by atoms with Crippen LogP contribution in [0.1, 0.15) is 21.6 Å². The number of hydrogen-bond donors (Lipinski definition) is 2. The first-order chi connectivity index (χ1) is 13.3. The number of nitrogens with zero attached hydrogens (tertiary/aromatic N) is 3. The summed E-state index contributed by atoms with van der Waals surface area (Å²) in [6.45, 7) is 1.19. The fourth-order valence-electron chi connectivity index (χ4n) is 2.56. The van der Waals surface area contributed by atoms with Crippen LogP contribution in [0.15, 0.2) is 55.1 Å². The Bertz CT molecular complexity index is 932. The molecule has 8 nitrogen and oxygen atoms in total. The van der Waals surface area contributed by atoms with E-state index in [0.717, 1.165) is 22.6 Å². The second-order valence-corrected chi connectivity index (χ2v) is 5.87. The summed E-state index contributed by atoms with van der Waals surface area (Å²) in [5.41, 5.74) is 2.20. The first kappa shape index (κ1) is 16.8. The molecular weight excluding hydrogens is 346 g/mol. The van der Waals surface area contributed by atoms with Gasteiger partial charge in [-0.05, 0) is 29.3 Å². The van der Waals surface area contributed by atoms with E-state index in [1.165, 1.54) is 12.4 Å². The number of benzene rings is 1. The van der Waals surface area contributed by atoms with Crippen LogP contribution in [0.4, 0.5) is 5.82 Å². The van der Waals surface area contributed by atoms with E-state index in [1.54, 1.807) is 12.4 Å². The summed E-state index contributed by atoms with van der Waals surface area (Å²) in [6, 6.07) is 9.46. The normalized spacial score (nSPS) is 11.9. The molecule has 2 N–H and O–H groups in total. The van der Waals surface area contributed by atoms with E-state index < -0.39 is 0 Å². The Morgan fingerprint density at radius 3 is 2.74 bits per heavy atom. The topological polar surface area (TPSA) is 98.3 Å². The minimum absolute atomic E-state index is 0.252. The highest BCUT2D eigenvalue weighted by atomic mass is 16.7. The highest BCUT2D eigenvalue weighted by molar-refractivity contribution is 5.91. The second-order valence-electron chi connectivity index (χ2n) is 5.87. The summed E-state index contributed by atoms with van der Waals surface area (Å²) in [4.78, 5) is 24.5. The van der Waals surface area contributed by atoms with Crippen LogP contribution in [0.2, 0.25) is 0 Å². The predicted octanol–water partition coefficient (Wildman–Crippen LogP) is 2.14. The van der Waals surface area contributed by atoms with Gasteiger partial charge in [0, 0.05) is 25.5 Å². The van der Waals surface area contributed by atoms with Gasteiger partial charge in [-0.15, -0.1) is 0 Å². The van der Waals surface area contributed by atoms with Crippen molar-refractivity contribution < 1.29 is 14.3 Å². The highest BCUT2D eigenvalue weighted by Crippen LogP contribution is 2.32. The molecule has 0 spiro atoms. The highest BCUT2D eigenvalue weighted by Gasteiger charge is 2.13. The van der Waals surface area contributed by atoms with Crippen molar-refractivity contribution in [2.45, 2.75) is 13.1 Å². The number of fused-ring (bicyclic) bond motifs is 1. The van der Waals surface area contributed by atoms with E-state index in [1.807, 2.05) is 30.3 Å². The van der Waals surface area contributed by atoms with Gasteiger partial charge in [0.05, 0.1) is 12.4 Å². The fourth-order valence-corrected chi connectivity index (χ4v) is 2.56. The number of carbonyl (C=O) groups is 1. The third-order valence-electron chi connectivity index (χ3n) is 3.97. The third-order valence-corrected chi connectivity index (χ3v) is 3.97. The molecule has 0 unspecified atom stereocenters. The van der Waals surface area contributed by atoms with Crippen LogP contribution in [0.5, 0.6) is 11.5 Å². The minimum Gasteiger partial charge on any atom is -0.454 e. The van der Waals surface area contributed by atoms with Crippen molar-refractivity contribution in [3.8, 4) is 11.5 Å². The average Bonchev–Trinajstić information content (AvgIpc) is 3.19. The van der Waals surface area contributed by atoms with Gasteiger partial charge in [-0.1, -0.05) is 12.1 Å². The van der Waals surface area contributed by atoms with Crippen molar-refractivity contribution in [1.82, 2.24) is 20.3 Å². The zero-order valence-corrected chi connectivity index (χ0v) is 14.4. The number of hydrogen-bond acceptors (Lipinski definition) is 7. The van der Waals surface area contributed by atoms with Crippen molar-refractivity contribution in [2.24, 2.45) is 0 Å². The quantitative estimate of drug-likeness (QED) is 0.692. The number of ether oxygens (including phenoxy) is 2. The molecule has 0 fully saturated rings. The SMILES string of the molecule is O=C(NCc1cccnc1)c1cnc(NCc2ccc3c(c2)OCO3)cn1. The van der Waals surface area contributed by atoms with Gasteiger partial charge in [-0.3, -0.25) is 9.78 Å². The maximum absolute atomic E-state index is 12.1. The Hall–Kier alpha value is -3.68. The smallest absolute Gasteiger partial charge is 0.271 e. The monoisotopic (exact) mass is 363 g/mol. The van der Waals surface area contributed by atoms with Crippen molar-refractivity contribution >= 4 is 11.7 Å². The van der Waals surface area contributed by atoms with Gasteiger partial charge in [0.15, 0.2) is 11.5 Å². The number of pyridine rings is 1. The van der Waals surface area contributed by atoms with E-state index in [9.17, 15) is 4.79 Å². The van der Waals surface area contributed by atoms with Gasteiger partial charge in [0.2, 0.25) is 6.79 Å². The Morgan fingerprint density at radius 2 is 1.93 bits per heavy atom. The minimum atomic E-state index is -0.284. The molecule has 0 saturated heterocycles. The van der Waals surface area contributed by atoms with Gasteiger partial charge < -0.3 is 20.1 Å². The van der Waals surface area contributed by atoms with Crippen LogP contribution in [0, 0.1) is 0 Å². The number of aromatic nitrogens is 3. The lowest BCUT2D eigenvalue weighted by Crippen LogP contribution is -2.24. The largest absolute Gasteiger partial charge is 0.454 e. The van der Waals surface area contributed by atoms with E-state index in [0.29, 0.717) is 18.9 Å². The summed E-state index contributed by atoms with van der Waals surface area (Å²) in [5, 5.41) is 5.95. The molecule has 1 amide bonds. The number of amides is 1. The molecule has 27 heavy (non-hydrogen) atoms. The molecule has 0 aliphatic carbocycles. The van der Waals surface area contributed by atoms with Crippen LogP contribution in [0.25, 0.3) is 0 Å². The molecule has 4 rings (SSSR count). The molecule has 8 heteroatoms. The third kappa shape index (κ3) is 4.12. The standard InChI is InChI=1S/C19H17N5O3/c25-19(24-9-14-2-1-5-20-7-14)15-10-23-18(11-21-15)22-8-13-3-4-16-17(6-13)27-12-26-16/h1-7,10-11H,8-9,12H2,(H,22,23)(H,24,25).